The van der Waals surface area contributed by atoms with E-state index in [9.17, 15) is 8.42 Å². The highest BCUT2D eigenvalue weighted by atomic mass is 32.2. The fraction of sp³-hybridized carbons (Fsp3) is 0.300. The molecule has 3 N–H and O–H groups in total. The normalized spacial score (nSPS) is 11.8. The van der Waals surface area contributed by atoms with Crippen molar-refractivity contribution in [3.8, 4) is 0 Å². The molecule has 0 saturated carbocycles. The maximum atomic E-state index is 12.6. The fourth-order valence-corrected chi connectivity index (χ4v) is 4.85. The first kappa shape index (κ1) is 20.9. The number of aryl methyl sites for hydroxylation is 2. The molecule has 0 spiro atoms. The summed E-state index contributed by atoms with van der Waals surface area (Å²) in [4.78, 5) is 8.83. The van der Waals surface area contributed by atoms with Gasteiger partial charge in [-0.15, -0.1) is 0 Å². The minimum atomic E-state index is -3.66. The Morgan fingerprint density at radius 2 is 1.90 bits per heavy atom. The van der Waals surface area contributed by atoms with Crippen molar-refractivity contribution in [3.05, 3.63) is 59.8 Å². The molecule has 0 aliphatic rings. The minimum Gasteiger partial charge on any atom is -0.369 e. The summed E-state index contributed by atoms with van der Waals surface area (Å²) in [6.45, 7) is 4.56. The number of hydrogen-bond acceptors (Lipinski definition) is 7. The topological polar surface area (TPSA) is 130 Å². The van der Waals surface area contributed by atoms with E-state index in [4.69, 9.17) is 0 Å². The summed E-state index contributed by atoms with van der Waals surface area (Å²) in [6.07, 6.45) is 4.04. The lowest BCUT2D eigenvalue weighted by atomic mass is 10.1. The zero-order valence-corrected chi connectivity index (χ0v) is 18.1. The molecule has 3 heterocycles. The molecule has 31 heavy (non-hydrogen) atoms. The maximum Gasteiger partial charge on any atom is 0.244 e. The summed E-state index contributed by atoms with van der Waals surface area (Å²) in [5.41, 5.74) is 2.83. The van der Waals surface area contributed by atoms with Crippen LogP contribution in [0.5, 0.6) is 0 Å². The number of nitrogens with zero attached hydrogens (tertiary/aromatic N) is 5. The number of fused-ring (bicyclic) bond motifs is 1. The van der Waals surface area contributed by atoms with Gasteiger partial charge in [0, 0.05) is 13.1 Å². The van der Waals surface area contributed by atoms with E-state index in [0.29, 0.717) is 29.4 Å². The molecule has 4 rings (SSSR count). The van der Waals surface area contributed by atoms with Gasteiger partial charge in [-0.05, 0) is 25.8 Å². The largest absolute Gasteiger partial charge is 0.369 e. The van der Waals surface area contributed by atoms with E-state index in [-0.39, 0.29) is 11.4 Å². The van der Waals surface area contributed by atoms with Crippen LogP contribution >= 0.6 is 0 Å². The van der Waals surface area contributed by atoms with Crippen molar-refractivity contribution in [2.24, 2.45) is 0 Å². The number of sulfonamides is 1. The lowest BCUT2D eigenvalue weighted by Crippen LogP contribution is -2.28. The third-order valence-corrected chi connectivity index (χ3v) is 6.65. The Balaban J connectivity index is 1.41. The molecule has 162 valence electrons. The summed E-state index contributed by atoms with van der Waals surface area (Å²) in [5.74, 6) is 0.706. The molecule has 0 bridgehead atoms. The summed E-state index contributed by atoms with van der Waals surface area (Å²) in [7, 11) is -3.66. The molecule has 0 radical (unpaired) electrons. The standard InChI is InChI=1S/C20H24N8O2S/c1-14-18(15(2)27-26-14)31(29,30)25-10-11-28-20-17(12-24-28)19(22-13-23-20)21-9-8-16-6-4-3-5-7-16/h3-7,12-13,25H,8-11H2,1-2H3,(H,26,27)(H,21,22,23). The van der Waals surface area contributed by atoms with Crippen LogP contribution in [0.25, 0.3) is 11.0 Å². The predicted molar refractivity (Wildman–Crippen MR) is 117 cm³/mol. The van der Waals surface area contributed by atoms with Crippen LogP contribution in [-0.2, 0) is 23.0 Å². The Kier molecular flexibility index (Phi) is 5.96. The van der Waals surface area contributed by atoms with Crippen LogP contribution < -0.4 is 10.0 Å². The molecule has 0 fully saturated rings. The molecule has 0 unspecified atom stereocenters. The van der Waals surface area contributed by atoms with Gasteiger partial charge in [-0.1, -0.05) is 30.3 Å². The van der Waals surface area contributed by atoms with E-state index in [1.807, 2.05) is 18.2 Å². The van der Waals surface area contributed by atoms with E-state index in [1.54, 1.807) is 24.7 Å². The van der Waals surface area contributed by atoms with Gasteiger partial charge in [0.1, 0.15) is 17.0 Å². The highest BCUT2D eigenvalue weighted by molar-refractivity contribution is 7.89. The molecule has 3 aromatic heterocycles. The van der Waals surface area contributed by atoms with Crippen molar-refractivity contribution < 1.29 is 8.42 Å². The Hall–Kier alpha value is -3.31. The van der Waals surface area contributed by atoms with Crippen molar-refractivity contribution in [1.82, 2.24) is 34.7 Å². The lowest BCUT2D eigenvalue weighted by Gasteiger charge is -2.08. The number of aromatic amines is 1. The highest BCUT2D eigenvalue weighted by Crippen LogP contribution is 2.19. The van der Waals surface area contributed by atoms with Gasteiger partial charge in [-0.2, -0.15) is 10.2 Å². The Labute approximate surface area is 180 Å². The van der Waals surface area contributed by atoms with E-state index >= 15 is 0 Å². The van der Waals surface area contributed by atoms with Crippen LogP contribution in [0.2, 0.25) is 0 Å². The summed E-state index contributed by atoms with van der Waals surface area (Å²) in [5, 5.41) is 15.1. The molecule has 11 heteroatoms. The third kappa shape index (κ3) is 4.57. The number of H-pyrrole nitrogens is 1. The SMILES string of the molecule is Cc1n[nH]c(C)c1S(=O)(=O)NCCn1ncc2c(NCCc3ccccc3)ncnc21. The van der Waals surface area contributed by atoms with Gasteiger partial charge in [0.05, 0.1) is 29.5 Å². The molecule has 0 atom stereocenters. The molecule has 0 aliphatic carbocycles. The number of anilines is 1. The van der Waals surface area contributed by atoms with Crippen LogP contribution in [0.4, 0.5) is 5.82 Å². The first-order chi connectivity index (χ1) is 15.0. The molecule has 0 amide bonds. The molecular formula is C20H24N8O2S. The second-order valence-electron chi connectivity index (χ2n) is 7.15. The van der Waals surface area contributed by atoms with Crippen LogP contribution in [0.3, 0.4) is 0 Å². The van der Waals surface area contributed by atoms with Crippen LogP contribution in [0, 0.1) is 13.8 Å². The van der Waals surface area contributed by atoms with E-state index in [1.165, 1.54) is 11.9 Å². The average molecular weight is 441 g/mol. The van der Waals surface area contributed by atoms with E-state index in [0.717, 1.165) is 18.4 Å². The number of nitrogens with one attached hydrogen (secondary N) is 3. The van der Waals surface area contributed by atoms with Gasteiger partial charge in [-0.25, -0.2) is 27.8 Å². The smallest absolute Gasteiger partial charge is 0.244 e. The van der Waals surface area contributed by atoms with Crippen molar-refractivity contribution in [3.63, 3.8) is 0 Å². The van der Waals surface area contributed by atoms with Gasteiger partial charge in [0.2, 0.25) is 10.0 Å². The third-order valence-electron chi connectivity index (χ3n) is 4.93. The Bertz CT molecular complexity index is 1260. The van der Waals surface area contributed by atoms with Gasteiger partial charge in [0.25, 0.3) is 0 Å². The van der Waals surface area contributed by atoms with E-state index < -0.39 is 10.0 Å². The second-order valence-corrected chi connectivity index (χ2v) is 8.85. The Morgan fingerprint density at radius 3 is 2.65 bits per heavy atom. The van der Waals surface area contributed by atoms with Crippen molar-refractivity contribution >= 4 is 26.9 Å². The van der Waals surface area contributed by atoms with Crippen LogP contribution in [-0.4, -0.2) is 51.5 Å². The lowest BCUT2D eigenvalue weighted by molar-refractivity contribution is 0.563. The van der Waals surface area contributed by atoms with Crippen molar-refractivity contribution in [1.29, 1.82) is 0 Å². The number of benzene rings is 1. The molecule has 1 aromatic carbocycles. The summed E-state index contributed by atoms with van der Waals surface area (Å²) in [6, 6.07) is 10.2. The number of aromatic nitrogens is 6. The van der Waals surface area contributed by atoms with Gasteiger partial charge >= 0.3 is 0 Å². The maximum absolute atomic E-state index is 12.6. The zero-order valence-electron chi connectivity index (χ0n) is 17.3. The quantitative estimate of drug-likeness (QED) is 0.362. The monoisotopic (exact) mass is 440 g/mol. The molecule has 0 saturated heterocycles. The van der Waals surface area contributed by atoms with Crippen molar-refractivity contribution in [2.75, 3.05) is 18.4 Å². The fourth-order valence-electron chi connectivity index (χ4n) is 3.46. The second kappa shape index (κ2) is 8.82. The van der Waals surface area contributed by atoms with Gasteiger partial charge in [0.15, 0.2) is 5.65 Å². The van der Waals surface area contributed by atoms with Crippen molar-refractivity contribution in [2.45, 2.75) is 31.7 Å². The van der Waals surface area contributed by atoms with Gasteiger partial charge in [-0.3, -0.25) is 5.10 Å². The summed E-state index contributed by atoms with van der Waals surface area (Å²) < 4.78 is 29.4. The molecular weight excluding hydrogens is 416 g/mol. The van der Waals surface area contributed by atoms with E-state index in [2.05, 4.69) is 47.4 Å². The highest BCUT2D eigenvalue weighted by Gasteiger charge is 2.21. The number of hydrogen-bond donors (Lipinski definition) is 3. The molecule has 4 aromatic rings. The minimum absolute atomic E-state index is 0.171. The first-order valence-corrected chi connectivity index (χ1v) is 11.4. The average Bonchev–Trinajstić information content (AvgIpc) is 3.32. The van der Waals surface area contributed by atoms with Crippen LogP contribution in [0.1, 0.15) is 17.0 Å². The first-order valence-electron chi connectivity index (χ1n) is 9.91. The molecule has 0 aliphatic heterocycles. The molecule has 10 nitrogen and oxygen atoms in total. The summed E-state index contributed by atoms with van der Waals surface area (Å²) >= 11 is 0. The zero-order chi connectivity index (χ0) is 21.8. The number of rotatable bonds is 9. The van der Waals surface area contributed by atoms with Gasteiger partial charge < -0.3 is 5.32 Å². The van der Waals surface area contributed by atoms with Crippen LogP contribution in [0.15, 0.2) is 47.8 Å². The predicted octanol–water partition coefficient (Wildman–Crippen LogP) is 1.80. The Morgan fingerprint density at radius 1 is 1.10 bits per heavy atom.